The Balaban J connectivity index is 2.46. The van der Waals surface area contributed by atoms with Gasteiger partial charge in [0.15, 0.2) is 0 Å². The minimum absolute atomic E-state index is 0.161. The third kappa shape index (κ3) is 1.86. The normalized spacial score (nSPS) is 10.0. The van der Waals surface area contributed by atoms with E-state index < -0.39 is 5.91 Å². The molecule has 0 aliphatic rings. The van der Waals surface area contributed by atoms with Crippen molar-refractivity contribution in [1.29, 1.82) is 0 Å². The molecule has 0 fully saturated rings. The van der Waals surface area contributed by atoms with Crippen molar-refractivity contribution in [1.82, 2.24) is 4.98 Å². The summed E-state index contributed by atoms with van der Waals surface area (Å²) in [4.78, 5) is 15.1. The molecule has 1 amide bonds. The van der Waals surface area contributed by atoms with Crippen LogP contribution in [0.3, 0.4) is 0 Å². The van der Waals surface area contributed by atoms with Crippen molar-refractivity contribution in [3.8, 4) is 11.3 Å². The van der Waals surface area contributed by atoms with Gasteiger partial charge in [-0.05, 0) is 12.1 Å². The van der Waals surface area contributed by atoms with E-state index in [-0.39, 0.29) is 11.4 Å². The highest BCUT2D eigenvalue weighted by Gasteiger charge is 2.08. The average molecular weight is 213 g/mol. The van der Waals surface area contributed by atoms with E-state index in [0.717, 1.165) is 11.3 Å². The van der Waals surface area contributed by atoms with Gasteiger partial charge in [0.2, 0.25) is 0 Å². The number of anilines is 1. The topological polar surface area (TPSA) is 82.0 Å². The molecule has 0 aliphatic heterocycles. The maximum Gasteiger partial charge on any atom is 0.252 e. The van der Waals surface area contributed by atoms with Gasteiger partial charge in [0.25, 0.3) is 5.91 Å². The molecule has 1 aromatic heterocycles. The Labute approximate surface area is 92.9 Å². The molecule has 2 aromatic rings. The summed E-state index contributed by atoms with van der Waals surface area (Å²) in [6.45, 7) is 0. The van der Waals surface area contributed by atoms with Crippen molar-refractivity contribution < 1.29 is 4.79 Å². The van der Waals surface area contributed by atoms with Gasteiger partial charge >= 0.3 is 0 Å². The van der Waals surface area contributed by atoms with E-state index in [0.29, 0.717) is 0 Å². The number of aromatic nitrogens is 1. The average Bonchev–Trinajstić information content (AvgIpc) is 2.29. The number of rotatable bonds is 2. The molecule has 0 saturated carbocycles. The predicted octanol–water partition coefficient (Wildman–Crippen LogP) is 1.43. The number of nitrogens with zero attached hydrogens (tertiary/aromatic N) is 1. The number of nitrogen functional groups attached to an aromatic ring is 1. The van der Waals surface area contributed by atoms with Crippen molar-refractivity contribution in [3.63, 3.8) is 0 Å². The Morgan fingerprint density at radius 3 is 2.31 bits per heavy atom. The zero-order valence-electron chi connectivity index (χ0n) is 8.55. The second kappa shape index (κ2) is 4.02. The lowest BCUT2D eigenvalue weighted by Gasteiger charge is -2.04. The molecule has 0 radical (unpaired) electrons. The molecule has 1 heterocycles. The van der Waals surface area contributed by atoms with Crippen LogP contribution in [0.2, 0.25) is 0 Å². The monoisotopic (exact) mass is 213 g/mol. The third-order valence-corrected chi connectivity index (χ3v) is 2.26. The van der Waals surface area contributed by atoms with Crippen LogP contribution in [-0.4, -0.2) is 10.9 Å². The van der Waals surface area contributed by atoms with Crippen LogP contribution in [-0.2, 0) is 0 Å². The molecule has 16 heavy (non-hydrogen) atoms. The molecule has 0 bridgehead atoms. The lowest BCUT2D eigenvalue weighted by molar-refractivity contribution is 0.100. The molecule has 0 atom stereocenters. The van der Waals surface area contributed by atoms with Crippen LogP contribution < -0.4 is 11.5 Å². The number of benzene rings is 1. The first-order chi connectivity index (χ1) is 7.68. The Bertz CT molecular complexity index is 523. The molecular formula is C12H11N3O. The second-order valence-electron chi connectivity index (χ2n) is 3.36. The number of amides is 1. The van der Waals surface area contributed by atoms with Crippen LogP contribution in [0.5, 0.6) is 0 Å². The van der Waals surface area contributed by atoms with Gasteiger partial charge in [-0.15, -0.1) is 0 Å². The number of primary amides is 1. The van der Waals surface area contributed by atoms with Gasteiger partial charge in [0.05, 0.1) is 11.3 Å². The van der Waals surface area contributed by atoms with E-state index in [1.165, 1.54) is 0 Å². The summed E-state index contributed by atoms with van der Waals surface area (Å²) in [7, 11) is 0. The molecule has 0 unspecified atom stereocenters. The Morgan fingerprint density at radius 2 is 1.75 bits per heavy atom. The number of hydrogen-bond acceptors (Lipinski definition) is 3. The first kappa shape index (κ1) is 10.2. The van der Waals surface area contributed by atoms with Crippen molar-refractivity contribution in [2.75, 3.05) is 5.73 Å². The number of carbonyl (C=O) groups is 1. The summed E-state index contributed by atoms with van der Waals surface area (Å²) >= 11 is 0. The smallest absolute Gasteiger partial charge is 0.252 e. The van der Waals surface area contributed by atoms with Crippen LogP contribution in [0.1, 0.15) is 10.4 Å². The minimum Gasteiger partial charge on any atom is -0.383 e. The van der Waals surface area contributed by atoms with Gasteiger partial charge in [-0.25, -0.2) is 4.98 Å². The van der Waals surface area contributed by atoms with Crippen LogP contribution in [0, 0.1) is 0 Å². The van der Waals surface area contributed by atoms with Crippen LogP contribution in [0.25, 0.3) is 11.3 Å². The zero-order valence-corrected chi connectivity index (χ0v) is 8.55. The summed E-state index contributed by atoms with van der Waals surface area (Å²) in [5, 5.41) is 0. The molecule has 4 N–H and O–H groups in total. The standard InChI is InChI=1S/C12H11N3O/c13-11-9(12(14)16)6-7-10(15-11)8-4-2-1-3-5-8/h1-7H,(H2,13,15)(H2,14,16). The predicted molar refractivity (Wildman–Crippen MR) is 62.6 cm³/mol. The minimum atomic E-state index is -0.565. The van der Waals surface area contributed by atoms with Crippen LogP contribution in [0.15, 0.2) is 42.5 Å². The van der Waals surface area contributed by atoms with E-state index >= 15 is 0 Å². The third-order valence-electron chi connectivity index (χ3n) is 2.26. The van der Waals surface area contributed by atoms with Gasteiger partial charge in [0, 0.05) is 5.56 Å². The van der Waals surface area contributed by atoms with E-state index in [9.17, 15) is 4.79 Å². The molecular weight excluding hydrogens is 202 g/mol. The number of pyridine rings is 1. The van der Waals surface area contributed by atoms with Crippen molar-refractivity contribution in [3.05, 3.63) is 48.0 Å². The van der Waals surface area contributed by atoms with Gasteiger partial charge < -0.3 is 11.5 Å². The maximum absolute atomic E-state index is 11.0. The number of hydrogen-bond donors (Lipinski definition) is 2. The zero-order chi connectivity index (χ0) is 11.5. The molecule has 1 aromatic carbocycles. The fourth-order valence-corrected chi connectivity index (χ4v) is 1.45. The van der Waals surface area contributed by atoms with Crippen molar-refractivity contribution >= 4 is 11.7 Å². The van der Waals surface area contributed by atoms with Crippen LogP contribution >= 0.6 is 0 Å². The number of nitrogens with two attached hydrogens (primary N) is 2. The molecule has 0 spiro atoms. The fourth-order valence-electron chi connectivity index (χ4n) is 1.45. The van der Waals surface area contributed by atoms with E-state index in [4.69, 9.17) is 11.5 Å². The summed E-state index contributed by atoms with van der Waals surface area (Å²) in [6.07, 6.45) is 0. The first-order valence-corrected chi connectivity index (χ1v) is 4.80. The van der Waals surface area contributed by atoms with Gasteiger partial charge in [-0.3, -0.25) is 4.79 Å². The van der Waals surface area contributed by atoms with Gasteiger partial charge in [0.1, 0.15) is 5.82 Å². The summed E-state index contributed by atoms with van der Waals surface area (Å²) in [5.41, 5.74) is 12.7. The maximum atomic E-state index is 11.0. The summed E-state index contributed by atoms with van der Waals surface area (Å²) in [6, 6.07) is 12.9. The molecule has 0 aliphatic carbocycles. The molecule has 4 heteroatoms. The van der Waals surface area contributed by atoms with Crippen LogP contribution in [0.4, 0.5) is 5.82 Å². The molecule has 4 nitrogen and oxygen atoms in total. The second-order valence-corrected chi connectivity index (χ2v) is 3.36. The largest absolute Gasteiger partial charge is 0.383 e. The van der Waals surface area contributed by atoms with E-state index in [1.54, 1.807) is 12.1 Å². The van der Waals surface area contributed by atoms with E-state index in [2.05, 4.69) is 4.98 Å². The van der Waals surface area contributed by atoms with Gasteiger partial charge in [-0.1, -0.05) is 30.3 Å². The highest BCUT2D eigenvalue weighted by molar-refractivity contribution is 5.97. The van der Waals surface area contributed by atoms with E-state index in [1.807, 2.05) is 30.3 Å². The Morgan fingerprint density at radius 1 is 1.06 bits per heavy atom. The summed E-state index contributed by atoms with van der Waals surface area (Å²) < 4.78 is 0. The summed E-state index contributed by atoms with van der Waals surface area (Å²) in [5.74, 6) is -0.404. The molecule has 2 rings (SSSR count). The Hall–Kier alpha value is -2.36. The lowest BCUT2D eigenvalue weighted by atomic mass is 10.1. The van der Waals surface area contributed by atoms with Crippen molar-refractivity contribution in [2.24, 2.45) is 5.73 Å². The Kier molecular flexibility index (Phi) is 2.55. The van der Waals surface area contributed by atoms with Crippen molar-refractivity contribution in [2.45, 2.75) is 0 Å². The highest BCUT2D eigenvalue weighted by atomic mass is 16.1. The molecule has 0 saturated heterocycles. The quantitative estimate of drug-likeness (QED) is 0.791. The lowest BCUT2D eigenvalue weighted by Crippen LogP contribution is -2.14. The highest BCUT2D eigenvalue weighted by Crippen LogP contribution is 2.19. The molecule has 80 valence electrons. The van der Waals surface area contributed by atoms with Gasteiger partial charge in [-0.2, -0.15) is 0 Å². The SMILES string of the molecule is NC(=O)c1ccc(-c2ccccc2)nc1N. The number of carbonyl (C=O) groups excluding carboxylic acids is 1. The fraction of sp³-hybridized carbons (Fsp3) is 0. The first-order valence-electron chi connectivity index (χ1n) is 4.80.